The normalized spacial score (nSPS) is 14.0. The maximum atomic E-state index is 12.6. The monoisotopic (exact) mass is 792 g/mol. The molecule has 0 fully saturated rings. The second kappa shape index (κ2) is 41.1. The lowest BCUT2D eigenvalue weighted by Crippen LogP contribution is -2.29. The lowest BCUT2D eigenvalue weighted by molar-refractivity contribution is -0.161. The zero-order valence-corrected chi connectivity index (χ0v) is 35.5. The van der Waals surface area contributed by atoms with Gasteiger partial charge in [-0.2, -0.15) is 0 Å². The maximum absolute atomic E-state index is 12.6. The minimum absolute atomic E-state index is 0.0431. The molecule has 55 heavy (non-hydrogen) atoms. The van der Waals surface area contributed by atoms with Gasteiger partial charge >= 0.3 is 19.8 Å². The van der Waals surface area contributed by atoms with Gasteiger partial charge in [-0.05, 0) is 83.5 Å². The van der Waals surface area contributed by atoms with E-state index in [-0.39, 0.29) is 32.6 Å². The molecule has 2 unspecified atom stereocenters. The summed E-state index contributed by atoms with van der Waals surface area (Å²) in [6, 6.07) is 0. The van der Waals surface area contributed by atoms with Crippen molar-refractivity contribution >= 4 is 19.8 Å². The number of carbonyl (C=O) groups excluding carboxylic acids is 2. The van der Waals surface area contributed by atoms with Crippen LogP contribution in [0.4, 0.5) is 0 Å². The minimum atomic E-state index is -4.39. The highest BCUT2D eigenvalue weighted by atomic mass is 31.2. The third-order valence-corrected chi connectivity index (χ3v) is 9.56. The summed E-state index contributed by atoms with van der Waals surface area (Å²) in [7, 11) is -4.39. The molecule has 3 N–H and O–H groups in total. The fraction of sp³-hybridized carbons (Fsp3) is 0.689. The first-order chi connectivity index (χ1) is 26.8. The SMILES string of the molecule is CC/C=C\C/C=C\C/C=C\CCCCCC(=O)OCC(COP(=O)(O)OCCN)OC(=O)CCCCCCCC/C=C\C/C=C\C/C=C\CCCCCCC. The topological polar surface area (TPSA) is 134 Å². The van der Waals surface area contributed by atoms with Gasteiger partial charge in [-0.15, -0.1) is 0 Å². The van der Waals surface area contributed by atoms with Crippen LogP contribution in [0.2, 0.25) is 0 Å². The molecule has 2 atom stereocenters. The predicted octanol–water partition coefficient (Wildman–Crippen LogP) is 12.3. The molecule has 316 valence electrons. The summed E-state index contributed by atoms with van der Waals surface area (Å²) in [5.41, 5.74) is 5.34. The van der Waals surface area contributed by atoms with Gasteiger partial charge in [-0.3, -0.25) is 18.6 Å². The Morgan fingerprint density at radius 2 is 1.00 bits per heavy atom. The molecule has 0 aromatic heterocycles. The summed E-state index contributed by atoms with van der Waals surface area (Å²) in [6.45, 7) is 3.54. The van der Waals surface area contributed by atoms with Crippen molar-refractivity contribution in [2.45, 2.75) is 174 Å². The van der Waals surface area contributed by atoms with Crippen LogP contribution in [-0.2, 0) is 32.7 Å². The largest absolute Gasteiger partial charge is 0.472 e. The van der Waals surface area contributed by atoms with Gasteiger partial charge in [0.05, 0.1) is 13.2 Å². The zero-order chi connectivity index (χ0) is 40.3. The number of hydrogen-bond acceptors (Lipinski definition) is 8. The summed E-state index contributed by atoms with van der Waals surface area (Å²) >= 11 is 0. The Labute approximate surface area is 335 Å². The van der Waals surface area contributed by atoms with E-state index in [1.807, 2.05) is 0 Å². The molecule has 0 saturated carbocycles. The van der Waals surface area contributed by atoms with Crippen molar-refractivity contribution in [1.82, 2.24) is 0 Å². The average molecular weight is 792 g/mol. The molecule has 0 rings (SSSR count). The lowest BCUT2D eigenvalue weighted by Gasteiger charge is -2.19. The number of carbonyl (C=O) groups is 2. The highest BCUT2D eigenvalue weighted by Gasteiger charge is 2.26. The Morgan fingerprint density at radius 1 is 0.564 bits per heavy atom. The van der Waals surface area contributed by atoms with Crippen molar-refractivity contribution in [3.05, 3.63) is 72.9 Å². The molecular weight excluding hydrogens is 713 g/mol. The van der Waals surface area contributed by atoms with Gasteiger partial charge in [0.25, 0.3) is 0 Å². The standard InChI is InChI=1S/C45H78NO8P/c1-3-5-7-9-11-13-15-17-18-19-20-21-22-23-24-26-28-30-32-34-36-38-45(48)54-43(42-53-55(49,50)52-40-39-46)41-51-44(47)37-35-33-31-29-27-25-16-14-12-10-8-6-4-2/h6,8,12,14-15,17,19-20,22-23,25,27,43H,3-5,7,9-11,13,16,18,21,24,26,28-42,46H2,1-2H3,(H,49,50)/b8-6-,14-12-,17-15-,20-19-,23-22-,27-25-. The van der Waals surface area contributed by atoms with E-state index in [2.05, 4.69) is 86.8 Å². The van der Waals surface area contributed by atoms with Crippen molar-refractivity contribution in [3.63, 3.8) is 0 Å². The molecule has 10 heteroatoms. The highest BCUT2D eigenvalue weighted by molar-refractivity contribution is 7.47. The van der Waals surface area contributed by atoms with E-state index in [0.29, 0.717) is 12.8 Å². The Balaban J connectivity index is 4.22. The van der Waals surface area contributed by atoms with Crippen LogP contribution in [0, 0.1) is 0 Å². The molecular formula is C45H78NO8P. The van der Waals surface area contributed by atoms with Crippen LogP contribution < -0.4 is 5.73 Å². The first-order valence-electron chi connectivity index (χ1n) is 21.4. The molecule has 0 aromatic rings. The summed E-state index contributed by atoms with van der Waals surface area (Å²) in [6.07, 6.45) is 49.3. The van der Waals surface area contributed by atoms with Crippen molar-refractivity contribution in [2.75, 3.05) is 26.4 Å². The second-order valence-electron chi connectivity index (χ2n) is 13.8. The van der Waals surface area contributed by atoms with E-state index in [9.17, 15) is 19.0 Å². The van der Waals surface area contributed by atoms with Crippen LogP contribution in [0.1, 0.15) is 168 Å². The lowest BCUT2D eigenvalue weighted by atomic mass is 10.1. The van der Waals surface area contributed by atoms with E-state index < -0.39 is 32.5 Å². The van der Waals surface area contributed by atoms with Crippen LogP contribution in [0.3, 0.4) is 0 Å². The number of hydrogen-bond donors (Lipinski definition) is 2. The molecule has 0 saturated heterocycles. The Kier molecular flexibility index (Phi) is 39.2. The van der Waals surface area contributed by atoms with E-state index >= 15 is 0 Å². The first kappa shape index (κ1) is 52.5. The number of phosphoric acid groups is 1. The van der Waals surface area contributed by atoms with E-state index in [0.717, 1.165) is 89.9 Å². The molecule has 0 aliphatic carbocycles. The molecule has 9 nitrogen and oxygen atoms in total. The first-order valence-corrected chi connectivity index (χ1v) is 22.9. The van der Waals surface area contributed by atoms with Gasteiger partial charge in [-0.1, -0.05) is 145 Å². The molecule has 0 radical (unpaired) electrons. The smallest absolute Gasteiger partial charge is 0.462 e. The number of phosphoric ester groups is 1. The number of allylic oxidation sites excluding steroid dienone is 12. The molecule has 0 aliphatic rings. The van der Waals surface area contributed by atoms with Crippen molar-refractivity contribution in [3.8, 4) is 0 Å². The molecule has 0 amide bonds. The van der Waals surface area contributed by atoms with Crippen molar-refractivity contribution in [1.29, 1.82) is 0 Å². The van der Waals surface area contributed by atoms with Crippen LogP contribution in [0.25, 0.3) is 0 Å². The molecule has 0 spiro atoms. The molecule has 0 bridgehead atoms. The van der Waals surface area contributed by atoms with Gasteiger partial charge in [0.1, 0.15) is 6.61 Å². The Bertz CT molecular complexity index is 1130. The average Bonchev–Trinajstić information content (AvgIpc) is 3.17. The van der Waals surface area contributed by atoms with Gasteiger partial charge in [0.2, 0.25) is 0 Å². The van der Waals surface area contributed by atoms with Crippen LogP contribution in [0.5, 0.6) is 0 Å². The Morgan fingerprint density at radius 3 is 1.51 bits per heavy atom. The van der Waals surface area contributed by atoms with E-state index in [1.165, 1.54) is 38.5 Å². The zero-order valence-electron chi connectivity index (χ0n) is 34.6. The van der Waals surface area contributed by atoms with Crippen LogP contribution in [-0.4, -0.2) is 49.3 Å². The van der Waals surface area contributed by atoms with E-state index in [1.54, 1.807) is 0 Å². The Hall–Kier alpha value is -2.55. The van der Waals surface area contributed by atoms with Crippen LogP contribution in [0.15, 0.2) is 72.9 Å². The minimum Gasteiger partial charge on any atom is -0.462 e. The van der Waals surface area contributed by atoms with E-state index in [4.69, 9.17) is 24.3 Å². The third-order valence-electron chi connectivity index (χ3n) is 8.58. The predicted molar refractivity (Wildman–Crippen MR) is 229 cm³/mol. The number of esters is 2. The number of ether oxygens (including phenoxy) is 2. The number of rotatable bonds is 39. The van der Waals surface area contributed by atoms with Gasteiger partial charge in [-0.25, -0.2) is 4.57 Å². The molecule has 0 aliphatic heterocycles. The summed E-state index contributed by atoms with van der Waals surface area (Å²) in [5, 5.41) is 0. The molecule has 0 aromatic carbocycles. The number of unbranched alkanes of at least 4 members (excludes halogenated alkanes) is 14. The van der Waals surface area contributed by atoms with Gasteiger partial charge in [0, 0.05) is 19.4 Å². The summed E-state index contributed by atoms with van der Waals surface area (Å²) in [4.78, 5) is 34.8. The van der Waals surface area contributed by atoms with Gasteiger partial charge < -0.3 is 20.1 Å². The second-order valence-corrected chi connectivity index (χ2v) is 15.3. The van der Waals surface area contributed by atoms with Gasteiger partial charge in [0.15, 0.2) is 6.10 Å². The van der Waals surface area contributed by atoms with Crippen molar-refractivity contribution < 1.29 is 37.6 Å². The quantitative estimate of drug-likeness (QED) is 0.0270. The summed E-state index contributed by atoms with van der Waals surface area (Å²) < 4.78 is 32.7. The fourth-order valence-corrected chi connectivity index (χ4v) is 6.18. The third kappa shape index (κ3) is 40.9. The van der Waals surface area contributed by atoms with Crippen LogP contribution >= 0.6 is 7.82 Å². The maximum Gasteiger partial charge on any atom is 0.472 e. The highest BCUT2D eigenvalue weighted by Crippen LogP contribution is 2.43. The van der Waals surface area contributed by atoms with Crippen molar-refractivity contribution in [2.24, 2.45) is 5.73 Å². The summed E-state index contributed by atoms with van der Waals surface area (Å²) in [5.74, 6) is -0.884. The molecule has 0 heterocycles. The fourth-order valence-electron chi connectivity index (χ4n) is 5.42. The number of nitrogens with two attached hydrogens (primary N) is 1.